The van der Waals surface area contributed by atoms with Crippen LogP contribution in [0.15, 0.2) is 59.0 Å². The summed E-state index contributed by atoms with van der Waals surface area (Å²) in [6, 6.07) is 12.2. The van der Waals surface area contributed by atoms with Crippen LogP contribution in [0.3, 0.4) is 0 Å². The van der Waals surface area contributed by atoms with Gasteiger partial charge in [-0.2, -0.15) is 4.36 Å². The van der Waals surface area contributed by atoms with E-state index in [0.717, 1.165) is 12.1 Å². The van der Waals surface area contributed by atoms with Crippen LogP contribution in [0.2, 0.25) is 10.0 Å². The third kappa shape index (κ3) is 6.28. The first-order valence-electron chi connectivity index (χ1n) is 10.0. The Hall–Kier alpha value is -3.73. The van der Waals surface area contributed by atoms with Crippen LogP contribution in [0.25, 0.3) is 11.1 Å². The minimum Gasteiger partial charge on any atom is -0.478 e. The van der Waals surface area contributed by atoms with Gasteiger partial charge in [-0.3, -0.25) is 14.4 Å². The van der Waals surface area contributed by atoms with Crippen molar-refractivity contribution >= 4 is 62.3 Å². The number of nitrogens with one attached hydrogen (secondary N) is 2. The molecule has 4 N–H and O–H groups in total. The molecule has 0 radical (unpaired) electrons. The monoisotopic (exact) mass is 547 g/mol. The van der Waals surface area contributed by atoms with Gasteiger partial charge in [0.2, 0.25) is 0 Å². The fourth-order valence-electron chi connectivity index (χ4n) is 3.23. The van der Waals surface area contributed by atoms with Gasteiger partial charge in [0.15, 0.2) is 0 Å². The molecule has 0 heterocycles. The van der Waals surface area contributed by atoms with Gasteiger partial charge in [-0.1, -0.05) is 45.0 Å². The van der Waals surface area contributed by atoms with Crippen molar-refractivity contribution in [3.8, 4) is 11.1 Å². The van der Waals surface area contributed by atoms with Crippen molar-refractivity contribution in [3.05, 3.63) is 86.9 Å². The Balaban J connectivity index is 2.09. The number of carbonyl (C=O) groups is 4. The van der Waals surface area contributed by atoms with Crippen LogP contribution in [-0.2, 0) is 9.62 Å². The van der Waals surface area contributed by atoms with Gasteiger partial charge >= 0.3 is 11.9 Å². The first-order chi connectivity index (χ1) is 16.8. The number of nitrogens with zero attached hydrogens (tertiary/aromatic N) is 1. The van der Waals surface area contributed by atoms with Gasteiger partial charge in [-0.05, 0) is 48.0 Å². The Morgan fingerprint density at radius 2 is 1.50 bits per heavy atom. The molecule has 9 nitrogen and oxygen atoms in total. The van der Waals surface area contributed by atoms with Crippen LogP contribution in [0.4, 0.5) is 5.69 Å². The SMILES string of the molecule is CS(C)(=N)=NC(=O)c1ccc(C(=O)O)c(C(=O)Nc2cc(-c3ccc(Cl)cc3Cl)ccc2C(=O)O)c1. The highest BCUT2D eigenvalue weighted by atomic mass is 35.5. The van der Waals surface area contributed by atoms with Crippen LogP contribution in [-0.4, -0.2) is 46.5 Å². The summed E-state index contributed by atoms with van der Waals surface area (Å²) in [6.07, 6.45) is 2.94. The number of hydrogen-bond acceptors (Lipinski definition) is 5. The Labute approximate surface area is 216 Å². The number of carboxylic acids is 2. The van der Waals surface area contributed by atoms with Crippen molar-refractivity contribution in [2.24, 2.45) is 4.36 Å². The maximum absolute atomic E-state index is 13.1. The second-order valence-electron chi connectivity index (χ2n) is 7.88. The van der Waals surface area contributed by atoms with Crippen molar-refractivity contribution in [2.75, 3.05) is 17.8 Å². The molecule has 3 aromatic carbocycles. The predicted molar refractivity (Wildman–Crippen MR) is 139 cm³/mol. The Morgan fingerprint density at radius 1 is 0.861 bits per heavy atom. The van der Waals surface area contributed by atoms with Crippen molar-refractivity contribution in [2.45, 2.75) is 0 Å². The molecule has 2 amide bonds. The molecule has 0 atom stereocenters. The Kier molecular flexibility index (Phi) is 7.83. The van der Waals surface area contributed by atoms with Gasteiger partial charge in [0.1, 0.15) is 0 Å². The number of aromatic carboxylic acids is 2. The molecule has 0 aliphatic heterocycles. The molecule has 12 heteroatoms. The van der Waals surface area contributed by atoms with Gasteiger partial charge in [0, 0.05) is 33.7 Å². The zero-order valence-corrected chi connectivity index (χ0v) is 21.2. The van der Waals surface area contributed by atoms with Gasteiger partial charge in [0.05, 0.1) is 22.4 Å². The Morgan fingerprint density at radius 3 is 2.08 bits per heavy atom. The van der Waals surface area contributed by atoms with E-state index < -0.39 is 38.9 Å². The lowest BCUT2D eigenvalue weighted by atomic mass is 10.0. The summed E-state index contributed by atoms with van der Waals surface area (Å²) in [5, 5.41) is 22.3. The molecule has 0 saturated heterocycles. The standard InChI is InChI=1S/C24H19Cl2N3O6S/c1-36(2,27)29-21(30)13-4-6-16(23(32)33)18(9-13)22(31)28-20-10-12(3-7-17(20)24(34)35)15-8-5-14(25)11-19(15)26/h3-11,27H,1-2H3,(H,28,31)(H,32,33)(H,34,35). The molecular formula is C24H19Cl2N3O6S. The molecule has 0 aliphatic rings. The van der Waals surface area contributed by atoms with E-state index in [9.17, 15) is 29.4 Å². The number of rotatable bonds is 6. The van der Waals surface area contributed by atoms with E-state index in [1.807, 2.05) is 0 Å². The molecule has 3 rings (SSSR count). The maximum Gasteiger partial charge on any atom is 0.337 e. The molecule has 0 aliphatic carbocycles. The summed E-state index contributed by atoms with van der Waals surface area (Å²) in [6.45, 7) is 0. The molecule has 0 spiro atoms. The highest BCUT2D eigenvalue weighted by Crippen LogP contribution is 2.33. The minimum absolute atomic E-state index is 0.0851. The minimum atomic E-state index is -2.31. The largest absolute Gasteiger partial charge is 0.478 e. The molecule has 186 valence electrons. The maximum atomic E-state index is 13.1. The molecule has 0 fully saturated rings. The van der Waals surface area contributed by atoms with E-state index in [2.05, 4.69) is 9.68 Å². The van der Waals surface area contributed by atoms with Gasteiger partial charge in [0.25, 0.3) is 11.8 Å². The first kappa shape index (κ1) is 26.9. The van der Waals surface area contributed by atoms with Crippen LogP contribution in [0.5, 0.6) is 0 Å². The zero-order valence-electron chi connectivity index (χ0n) is 18.8. The predicted octanol–water partition coefficient (Wildman–Crippen LogP) is 5.81. The van der Waals surface area contributed by atoms with Crippen molar-refractivity contribution in [1.29, 1.82) is 4.78 Å². The van der Waals surface area contributed by atoms with Crippen molar-refractivity contribution in [1.82, 2.24) is 0 Å². The highest BCUT2D eigenvalue weighted by Gasteiger charge is 2.22. The van der Waals surface area contributed by atoms with Crippen molar-refractivity contribution in [3.63, 3.8) is 0 Å². The first-order valence-corrected chi connectivity index (χ1v) is 13.2. The fraction of sp³-hybridized carbons (Fsp3) is 0.0833. The topological polar surface area (TPSA) is 157 Å². The second-order valence-corrected chi connectivity index (χ2v) is 11.5. The van der Waals surface area contributed by atoms with E-state index in [0.29, 0.717) is 21.2 Å². The van der Waals surface area contributed by atoms with E-state index in [1.165, 1.54) is 42.8 Å². The van der Waals surface area contributed by atoms with Crippen LogP contribution >= 0.6 is 23.2 Å². The van der Waals surface area contributed by atoms with Gasteiger partial charge in [-0.15, -0.1) is 0 Å². The lowest BCUT2D eigenvalue weighted by Crippen LogP contribution is -2.19. The second kappa shape index (κ2) is 10.5. The quantitative estimate of drug-likeness (QED) is 0.305. The average Bonchev–Trinajstić information content (AvgIpc) is 2.77. The van der Waals surface area contributed by atoms with E-state index >= 15 is 0 Å². The third-order valence-corrected chi connectivity index (χ3v) is 5.96. The van der Waals surface area contributed by atoms with Crippen LogP contribution in [0.1, 0.15) is 41.4 Å². The fourth-order valence-corrected chi connectivity index (χ4v) is 4.26. The summed E-state index contributed by atoms with van der Waals surface area (Å²) >= 11 is 12.2. The summed E-state index contributed by atoms with van der Waals surface area (Å²) in [4.78, 5) is 49.1. The lowest BCUT2D eigenvalue weighted by Gasteiger charge is -2.13. The molecule has 3 aromatic rings. The number of hydrogen-bond donors (Lipinski definition) is 4. The van der Waals surface area contributed by atoms with E-state index in [4.69, 9.17) is 28.0 Å². The van der Waals surface area contributed by atoms with E-state index in [1.54, 1.807) is 12.1 Å². The number of carbonyl (C=O) groups excluding carboxylic acids is 2. The normalized spacial score (nSPS) is 11.0. The van der Waals surface area contributed by atoms with Crippen LogP contribution in [0, 0.1) is 4.78 Å². The molecule has 0 bridgehead atoms. The number of carboxylic acid groups (broad SMARTS) is 2. The zero-order chi connectivity index (χ0) is 26.8. The van der Waals surface area contributed by atoms with Gasteiger partial charge < -0.3 is 15.5 Å². The lowest BCUT2D eigenvalue weighted by molar-refractivity contribution is 0.0684. The smallest absolute Gasteiger partial charge is 0.337 e. The van der Waals surface area contributed by atoms with Crippen molar-refractivity contribution < 1.29 is 29.4 Å². The summed E-state index contributed by atoms with van der Waals surface area (Å²) in [5.74, 6) is -4.49. The van der Waals surface area contributed by atoms with Crippen LogP contribution < -0.4 is 5.32 Å². The molecule has 36 heavy (non-hydrogen) atoms. The number of halogens is 2. The number of anilines is 1. The molecular weight excluding hydrogens is 529 g/mol. The molecule has 0 unspecified atom stereocenters. The molecule has 0 aromatic heterocycles. The Bertz CT molecular complexity index is 1550. The summed E-state index contributed by atoms with van der Waals surface area (Å²) < 4.78 is 11.6. The number of benzene rings is 3. The molecule has 0 saturated carbocycles. The summed E-state index contributed by atoms with van der Waals surface area (Å²) in [7, 11) is -2.31. The van der Waals surface area contributed by atoms with E-state index in [-0.39, 0.29) is 22.4 Å². The van der Waals surface area contributed by atoms with Gasteiger partial charge in [-0.25, -0.2) is 9.59 Å². The summed E-state index contributed by atoms with van der Waals surface area (Å²) in [5.41, 5.74) is -0.254. The average molecular weight is 548 g/mol. The highest BCUT2D eigenvalue weighted by molar-refractivity contribution is 7.93. The number of amides is 2. The third-order valence-electron chi connectivity index (χ3n) is 4.79.